The summed E-state index contributed by atoms with van der Waals surface area (Å²) in [5.74, 6) is 0.978. The van der Waals surface area contributed by atoms with Crippen LogP contribution >= 0.6 is 11.8 Å². The molecule has 8 nitrogen and oxygen atoms in total. The molecule has 3 aromatic rings. The normalized spacial score (nSPS) is 24.7. The number of nitrogens with zero attached hydrogens (tertiary/aromatic N) is 7. The fourth-order valence-electron chi connectivity index (χ4n) is 5.22. The van der Waals surface area contributed by atoms with Gasteiger partial charge in [-0.3, -0.25) is 4.79 Å². The molecule has 3 fully saturated rings. The molecule has 1 amide bonds. The van der Waals surface area contributed by atoms with Gasteiger partial charge in [-0.2, -0.15) is 14.9 Å². The Kier molecular flexibility index (Phi) is 4.18. The van der Waals surface area contributed by atoms with Crippen molar-refractivity contribution < 1.29 is 4.79 Å². The average Bonchev–Trinajstić information content (AvgIpc) is 3.52. The standard InChI is InChI=1S/C22H21N7OS/c23-12-16-13-24-21(29-19(16)25-14-26-29)27-10-8-22(9-11-27)20(30)28-17(6-7-18(28)31-22)15-4-2-1-3-5-15/h1-5,13-14,17-18H,6-11H2/t17-,18+/m0/s1. The van der Waals surface area contributed by atoms with E-state index < -0.39 is 0 Å². The average molecular weight is 432 g/mol. The Morgan fingerprint density at radius 3 is 2.71 bits per heavy atom. The Bertz CT molecular complexity index is 1200. The number of rotatable bonds is 2. The summed E-state index contributed by atoms with van der Waals surface area (Å²) in [5.41, 5.74) is 2.16. The van der Waals surface area contributed by atoms with Gasteiger partial charge in [-0.05, 0) is 31.2 Å². The number of amides is 1. The molecule has 3 aliphatic heterocycles. The zero-order valence-electron chi connectivity index (χ0n) is 16.9. The molecule has 31 heavy (non-hydrogen) atoms. The van der Waals surface area contributed by atoms with E-state index in [9.17, 15) is 10.1 Å². The number of hydrogen-bond acceptors (Lipinski definition) is 7. The predicted octanol–water partition coefficient (Wildman–Crippen LogP) is 2.77. The van der Waals surface area contributed by atoms with E-state index in [-0.39, 0.29) is 16.2 Å². The number of thioether (sulfide) groups is 1. The first kappa shape index (κ1) is 18.6. The highest BCUT2D eigenvalue weighted by molar-refractivity contribution is 8.02. The molecule has 3 aliphatic rings. The first-order valence-corrected chi connectivity index (χ1v) is 11.5. The third-order valence-electron chi connectivity index (χ3n) is 6.76. The maximum Gasteiger partial charge on any atom is 0.240 e. The number of benzene rings is 1. The lowest BCUT2D eigenvalue weighted by Gasteiger charge is -2.38. The largest absolute Gasteiger partial charge is 0.341 e. The summed E-state index contributed by atoms with van der Waals surface area (Å²) in [6.45, 7) is 1.45. The topological polar surface area (TPSA) is 90.4 Å². The molecule has 2 atom stereocenters. The SMILES string of the molecule is N#Cc1cnc(N2CCC3(CC2)S[C@@H]2CC[C@@H](c4ccccc4)N2C3=O)n2ncnc12. The Morgan fingerprint density at radius 2 is 1.94 bits per heavy atom. The second-order valence-electron chi connectivity index (χ2n) is 8.35. The first-order chi connectivity index (χ1) is 15.2. The van der Waals surface area contributed by atoms with Crippen LogP contribution < -0.4 is 4.90 Å². The van der Waals surface area contributed by atoms with Gasteiger partial charge in [0.15, 0.2) is 5.65 Å². The van der Waals surface area contributed by atoms with Gasteiger partial charge >= 0.3 is 0 Å². The highest BCUT2D eigenvalue weighted by atomic mass is 32.2. The van der Waals surface area contributed by atoms with Crippen LogP contribution in [0.5, 0.6) is 0 Å². The highest BCUT2D eigenvalue weighted by Crippen LogP contribution is 2.55. The molecule has 0 N–H and O–H groups in total. The zero-order valence-corrected chi connectivity index (χ0v) is 17.7. The van der Waals surface area contributed by atoms with Crippen molar-refractivity contribution in [1.29, 1.82) is 5.26 Å². The molecular weight excluding hydrogens is 410 g/mol. The number of anilines is 1. The van der Waals surface area contributed by atoms with E-state index in [1.807, 2.05) is 17.8 Å². The summed E-state index contributed by atoms with van der Waals surface area (Å²) in [7, 11) is 0. The Morgan fingerprint density at radius 1 is 1.13 bits per heavy atom. The molecule has 9 heteroatoms. The molecule has 0 aliphatic carbocycles. The fourth-order valence-corrected chi connectivity index (χ4v) is 6.97. The predicted molar refractivity (Wildman–Crippen MR) is 116 cm³/mol. The molecule has 5 heterocycles. The van der Waals surface area contributed by atoms with Crippen LogP contribution in [0.15, 0.2) is 42.9 Å². The molecule has 2 aromatic heterocycles. The Labute approximate surface area is 183 Å². The second kappa shape index (κ2) is 6.95. The number of aromatic nitrogens is 4. The summed E-state index contributed by atoms with van der Waals surface area (Å²) in [4.78, 5) is 26.6. The van der Waals surface area contributed by atoms with Crippen LogP contribution in [0.4, 0.5) is 5.95 Å². The summed E-state index contributed by atoms with van der Waals surface area (Å²) in [6.07, 6.45) is 6.65. The highest BCUT2D eigenvalue weighted by Gasteiger charge is 2.57. The smallest absolute Gasteiger partial charge is 0.240 e. The van der Waals surface area contributed by atoms with Gasteiger partial charge in [-0.25, -0.2) is 9.97 Å². The number of fused-ring (bicyclic) bond motifs is 2. The van der Waals surface area contributed by atoms with E-state index in [4.69, 9.17) is 0 Å². The molecule has 0 unspecified atom stereocenters. The van der Waals surface area contributed by atoms with Crippen molar-refractivity contribution in [2.45, 2.75) is 41.8 Å². The number of carbonyl (C=O) groups excluding carboxylic acids is 1. The van der Waals surface area contributed by atoms with Crippen LogP contribution in [0.3, 0.4) is 0 Å². The van der Waals surface area contributed by atoms with Gasteiger partial charge in [-0.15, -0.1) is 11.8 Å². The summed E-state index contributed by atoms with van der Waals surface area (Å²) >= 11 is 1.87. The van der Waals surface area contributed by atoms with Crippen molar-refractivity contribution in [3.63, 3.8) is 0 Å². The van der Waals surface area contributed by atoms with Crippen LogP contribution in [-0.2, 0) is 4.79 Å². The van der Waals surface area contributed by atoms with Gasteiger partial charge in [0.1, 0.15) is 22.7 Å². The lowest BCUT2D eigenvalue weighted by molar-refractivity contribution is -0.134. The van der Waals surface area contributed by atoms with Crippen LogP contribution in [-0.4, -0.2) is 53.6 Å². The monoisotopic (exact) mass is 431 g/mol. The van der Waals surface area contributed by atoms with E-state index in [1.54, 1.807) is 10.7 Å². The van der Waals surface area contributed by atoms with E-state index in [2.05, 4.69) is 55.2 Å². The minimum absolute atomic E-state index is 0.193. The maximum absolute atomic E-state index is 13.7. The third-order valence-corrected chi connectivity index (χ3v) is 8.53. The minimum atomic E-state index is -0.345. The van der Waals surface area contributed by atoms with Gasteiger partial charge in [0.05, 0.1) is 17.6 Å². The summed E-state index contributed by atoms with van der Waals surface area (Å²) < 4.78 is 1.28. The fraction of sp³-hybridized carbons (Fsp3) is 0.409. The molecule has 3 saturated heterocycles. The second-order valence-corrected chi connectivity index (χ2v) is 9.91. The van der Waals surface area contributed by atoms with Crippen molar-refractivity contribution in [3.05, 3.63) is 54.0 Å². The van der Waals surface area contributed by atoms with Crippen molar-refractivity contribution >= 4 is 29.3 Å². The van der Waals surface area contributed by atoms with Crippen LogP contribution in [0.25, 0.3) is 5.65 Å². The maximum atomic E-state index is 13.7. The molecule has 1 aromatic carbocycles. The molecule has 156 valence electrons. The number of piperidine rings is 1. The van der Waals surface area contributed by atoms with Crippen LogP contribution in [0.2, 0.25) is 0 Å². The molecule has 1 spiro atoms. The number of carbonyl (C=O) groups is 1. The van der Waals surface area contributed by atoms with Crippen molar-refractivity contribution in [2.24, 2.45) is 0 Å². The summed E-state index contributed by atoms with van der Waals surface area (Å²) in [5, 5.41) is 13.8. The summed E-state index contributed by atoms with van der Waals surface area (Å²) in [6, 6.07) is 12.7. The molecule has 6 rings (SSSR count). The van der Waals surface area contributed by atoms with Crippen LogP contribution in [0.1, 0.15) is 42.9 Å². The third kappa shape index (κ3) is 2.74. The van der Waals surface area contributed by atoms with Crippen molar-refractivity contribution in [3.8, 4) is 6.07 Å². The van der Waals surface area contributed by atoms with Gasteiger partial charge in [0.2, 0.25) is 11.9 Å². The van der Waals surface area contributed by atoms with E-state index >= 15 is 0 Å². The van der Waals surface area contributed by atoms with Gasteiger partial charge < -0.3 is 9.80 Å². The van der Waals surface area contributed by atoms with Crippen molar-refractivity contribution in [1.82, 2.24) is 24.5 Å². The lowest BCUT2D eigenvalue weighted by atomic mass is 9.93. The molecule has 0 bridgehead atoms. The van der Waals surface area contributed by atoms with E-state index in [1.165, 1.54) is 11.9 Å². The zero-order chi connectivity index (χ0) is 21.0. The van der Waals surface area contributed by atoms with E-state index in [0.717, 1.165) is 38.8 Å². The minimum Gasteiger partial charge on any atom is -0.341 e. The quantitative estimate of drug-likeness (QED) is 0.616. The van der Waals surface area contributed by atoms with Crippen molar-refractivity contribution in [2.75, 3.05) is 18.0 Å². The Balaban J connectivity index is 1.24. The molecular formula is C22H21N7OS. The lowest BCUT2D eigenvalue weighted by Crippen LogP contribution is -2.49. The van der Waals surface area contributed by atoms with Gasteiger partial charge in [-0.1, -0.05) is 30.3 Å². The molecule has 0 radical (unpaired) electrons. The Hall–Kier alpha value is -3.12. The van der Waals surface area contributed by atoms with Gasteiger partial charge in [0, 0.05) is 13.1 Å². The first-order valence-electron chi connectivity index (χ1n) is 10.6. The van der Waals surface area contributed by atoms with Crippen LogP contribution in [0, 0.1) is 11.3 Å². The van der Waals surface area contributed by atoms with E-state index in [0.29, 0.717) is 23.1 Å². The van der Waals surface area contributed by atoms with Gasteiger partial charge in [0.25, 0.3) is 0 Å². The number of nitriles is 1. The number of hydrogen-bond donors (Lipinski definition) is 0. The molecule has 0 saturated carbocycles.